The number of carbonyl (C=O) groups excluding carboxylic acids is 2. The average molecular weight is 309 g/mol. The predicted molar refractivity (Wildman–Crippen MR) is 78.7 cm³/mol. The van der Waals surface area contributed by atoms with Crippen LogP contribution in [0.5, 0.6) is 0 Å². The molecule has 6 heteroatoms. The largest absolute Gasteiger partial charge is 0.274 e. The zero-order chi connectivity index (χ0) is 14.3. The molecule has 1 atom stereocenters. The molecule has 104 valence electrons. The highest BCUT2D eigenvalue weighted by Crippen LogP contribution is 2.38. The summed E-state index contributed by atoms with van der Waals surface area (Å²) in [6.07, 6.45) is 2.99. The normalized spacial score (nSPS) is 17.2. The first kappa shape index (κ1) is 13.5. The third-order valence-electron chi connectivity index (χ3n) is 3.50. The van der Waals surface area contributed by atoms with Gasteiger partial charge in [-0.15, -0.1) is 11.3 Å². The van der Waals surface area contributed by atoms with Crippen molar-refractivity contribution in [3.8, 4) is 0 Å². The van der Waals surface area contributed by atoms with Crippen molar-refractivity contribution in [3.05, 3.63) is 28.2 Å². The molecule has 1 fully saturated rings. The molecule has 20 heavy (non-hydrogen) atoms. The molecule has 1 saturated heterocycles. The van der Waals surface area contributed by atoms with Crippen molar-refractivity contribution in [3.63, 3.8) is 0 Å². The Kier molecular flexibility index (Phi) is 3.48. The summed E-state index contributed by atoms with van der Waals surface area (Å²) >= 11 is 7.67. The number of likely N-dealkylation sites (tertiary alicyclic amines) is 1. The molecule has 3 heterocycles. The van der Waals surface area contributed by atoms with Gasteiger partial charge in [0, 0.05) is 23.9 Å². The number of pyridine rings is 1. The Hall–Kier alpha value is -1.46. The molecule has 1 aliphatic heterocycles. The SMILES string of the molecule is CCC(c1cc2nccc(Cl)c2s1)N1C(=O)CCC1=O. The fraction of sp³-hybridized carbons (Fsp3) is 0.357. The lowest BCUT2D eigenvalue weighted by atomic mass is 10.1. The summed E-state index contributed by atoms with van der Waals surface area (Å²) in [5.41, 5.74) is 0.815. The summed E-state index contributed by atoms with van der Waals surface area (Å²) in [5, 5.41) is 0.653. The first-order valence-corrected chi connectivity index (χ1v) is 7.70. The number of halogens is 1. The molecule has 0 bridgehead atoms. The fourth-order valence-corrected chi connectivity index (χ4v) is 4.01. The summed E-state index contributed by atoms with van der Waals surface area (Å²) in [6.45, 7) is 1.98. The molecule has 2 amide bonds. The predicted octanol–water partition coefficient (Wildman–Crippen LogP) is 3.55. The molecule has 1 aliphatic rings. The van der Waals surface area contributed by atoms with Crippen LogP contribution < -0.4 is 0 Å². The average Bonchev–Trinajstić information content (AvgIpc) is 2.99. The van der Waals surface area contributed by atoms with Crippen molar-refractivity contribution in [2.75, 3.05) is 0 Å². The molecule has 0 aliphatic carbocycles. The standard InChI is InChI=1S/C14H13ClN2O2S/c1-2-10(17-12(18)3-4-13(17)19)11-7-9-14(20-11)8(15)5-6-16-9/h5-7,10H,2-4H2,1H3. The van der Waals surface area contributed by atoms with Gasteiger partial charge in [-0.3, -0.25) is 19.5 Å². The number of thiophene rings is 1. The Balaban J connectivity index is 2.05. The van der Waals surface area contributed by atoms with Gasteiger partial charge < -0.3 is 0 Å². The zero-order valence-corrected chi connectivity index (χ0v) is 12.5. The Morgan fingerprint density at radius 2 is 2.10 bits per heavy atom. The van der Waals surface area contributed by atoms with Gasteiger partial charge in [-0.1, -0.05) is 18.5 Å². The first-order chi connectivity index (χ1) is 9.61. The van der Waals surface area contributed by atoms with Gasteiger partial charge in [0.2, 0.25) is 11.8 Å². The minimum atomic E-state index is -0.201. The van der Waals surface area contributed by atoms with Crippen LogP contribution in [-0.2, 0) is 9.59 Å². The molecule has 0 spiro atoms. The monoisotopic (exact) mass is 308 g/mol. The Morgan fingerprint density at radius 1 is 1.40 bits per heavy atom. The number of nitrogens with zero attached hydrogens (tertiary/aromatic N) is 2. The van der Waals surface area contributed by atoms with Crippen molar-refractivity contribution in [1.29, 1.82) is 0 Å². The molecule has 2 aromatic rings. The van der Waals surface area contributed by atoms with Gasteiger partial charge in [0.1, 0.15) is 0 Å². The molecule has 3 rings (SSSR count). The van der Waals surface area contributed by atoms with E-state index in [1.807, 2.05) is 13.0 Å². The summed E-state index contributed by atoms with van der Waals surface area (Å²) in [4.78, 5) is 30.5. The van der Waals surface area contributed by atoms with Crippen LogP contribution in [0.25, 0.3) is 10.2 Å². The third-order valence-corrected chi connectivity index (χ3v) is 5.19. The Labute approximate surface area is 125 Å². The highest BCUT2D eigenvalue weighted by molar-refractivity contribution is 7.19. The van der Waals surface area contributed by atoms with Gasteiger partial charge in [-0.05, 0) is 18.6 Å². The maximum Gasteiger partial charge on any atom is 0.230 e. The van der Waals surface area contributed by atoms with Gasteiger partial charge in [0.15, 0.2) is 0 Å². The smallest absolute Gasteiger partial charge is 0.230 e. The topological polar surface area (TPSA) is 50.3 Å². The molecule has 0 N–H and O–H groups in total. The van der Waals surface area contributed by atoms with E-state index in [-0.39, 0.29) is 17.9 Å². The van der Waals surface area contributed by atoms with E-state index in [1.54, 1.807) is 12.3 Å². The third kappa shape index (κ3) is 2.11. The number of imide groups is 1. The minimum Gasteiger partial charge on any atom is -0.274 e. The van der Waals surface area contributed by atoms with E-state index in [0.29, 0.717) is 24.3 Å². The zero-order valence-electron chi connectivity index (χ0n) is 10.9. The number of aromatic nitrogens is 1. The van der Waals surface area contributed by atoms with E-state index in [4.69, 9.17) is 11.6 Å². The van der Waals surface area contributed by atoms with E-state index in [1.165, 1.54) is 16.2 Å². The number of fused-ring (bicyclic) bond motifs is 1. The van der Waals surface area contributed by atoms with Crippen molar-refractivity contribution >= 4 is 45.0 Å². The lowest BCUT2D eigenvalue weighted by Gasteiger charge is -2.23. The molecule has 2 aromatic heterocycles. The number of carbonyl (C=O) groups is 2. The van der Waals surface area contributed by atoms with E-state index in [9.17, 15) is 9.59 Å². The van der Waals surface area contributed by atoms with E-state index in [0.717, 1.165) is 15.1 Å². The molecule has 0 aromatic carbocycles. The van der Waals surface area contributed by atoms with Crippen LogP contribution in [0, 0.1) is 0 Å². The lowest BCUT2D eigenvalue weighted by Crippen LogP contribution is -2.32. The summed E-state index contributed by atoms with van der Waals surface area (Å²) in [5.74, 6) is -0.170. The summed E-state index contributed by atoms with van der Waals surface area (Å²) < 4.78 is 0.904. The van der Waals surface area contributed by atoms with Crippen LogP contribution >= 0.6 is 22.9 Å². The molecule has 0 radical (unpaired) electrons. The number of rotatable bonds is 3. The van der Waals surface area contributed by atoms with Crippen molar-refractivity contribution in [1.82, 2.24) is 9.88 Å². The molecule has 0 saturated carbocycles. The number of hydrogen-bond acceptors (Lipinski definition) is 4. The van der Waals surface area contributed by atoms with E-state index < -0.39 is 0 Å². The van der Waals surface area contributed by atoms with Gasteiger partial charge in [-0.25, -0.2) is 0 Å². The Bertz CT molecular complexity index is 682. The summed E-state index contributed by atoms with van der Waals surface area (Å²) in [6, 6.07) is 3.48. The highest BCUT2D eigenvalue weighted by atomic mass is 35.5. The maximum atomic E-state index is 11.9. The second kappa shape index (κ2) is 5.14. The van der Waals surface area contributed by atoms with E-state index >= 15 is 0 Å². The van der Waals surface area contributed by atoms with Crippen molar-refractivity contribution < 1.29 is 9.59 Å². The van der Waals surface area contributed by atoms with E-state index in [2.05, 4.69) is 4.98 Å². The van der Waals surface area contributed by atoms with Gasteiger partial charge >= 0.3 is 0 Å². The van der Waals surface area contributed by atoms with Gasteiger partial charge in [-0.2, -0.15) is 0 Å². The lowest BCUT2D eigenvalue weighted by molar-refractivity contribution is -0.141. The van der Waals surface area contributed by atoms with Crippen LogP contribution in [-0.4, -0.2) is 21.7 Å². The van der Waals surface area contributed by atoms with Crippen LogP contribution in [0.2, 0.25) is 5.02 Å². The first-order valence-electron chi connectivity index (χ1n) is 6.50. The number of amides is 2. The van der Waals surface area contributed by atoms with Crippen LogP contribution in [0.3, 0.4) is 0 Å². The van der Waals surface area contributed by atoms with Crippen LogP contribution in [0.4, 0.5) is 0 Å². The molecule has 1 unspecified atom stereocenters. The fourth-order valence-electron chi connectivity index (χ4n) is 2.54. The second-order valence-corrected chi connectivity index (χ2v) is 6.23. The van der Waals surface area contributed by atoms with Crippen molar-refractivity contribution in [2.24, 2.45) is 0 Å². The minimum absolute atomic E-state index is 0.0848. The molecule has 4 nitrogen and oxygen atoms in total. The van der Waals surface area contributed by atoms with Gasteiger partial charge in [0.05, 0.1) is 21.3 Å². The number of hydrogen-bond donors (Lipinski definition) is 0. The second-order valence-electron chi connectivity index (χ2n) is 4.74. The quantitative estimate of drug-likeness (QED) is 0.815. The Morgan fingerprint density at radius 3 is 2.70 bits per heavy atom. The van der Waals surface area contributed by atoms with Gasteiger partial charge in [0.25, 0.3) is 0 Å². The molecular formula is C14H13ClN2O2S. The highest BCUT2D eigenvalue weighted by Gasteiger charge is 2.35. The van der Waals surface area contributed by atoms with Crippen LogP contribution in [0.15, 0.2) is 18.3 Å². The molecular weight excluding hydrogens is 296 g/mol. The van der Waals surface area contributed by atoms with Crippen molar-refractivity contribution in [2.45, 2.75) is 32.2 Å². The van der Waals surface area contributed by atoms with Crippen LogP contribution in [0.1, 0.15) is 37.1 Å². The maximum absolute atomic E-state index is 11.9. The summed E-state index contributed by atoms with van der Waals surface area (Å²) in [7, 11) is 0.